The van der Waals surface area contributed by atoms with Crippen LogP contribution in [0.15, 0.2) is 97.1 Å². The second kappa shape index (κ2) is 10.7. The van der Waals surface area contributed by atoms with Crippen molar-refractivity contribution < 1.29 is 21.8 Å². The van der Waals surface area contributed by atoms with E-state index in [4.69, 9.17) is 0 Å². The lowest BCUT2D eigenvalue weighted by Gasteiger charge is -2.21. The first-order valence-corrected chi connectivity index (χ1v) is 11.5. The maximum atomic E-state index is 9.75. The molecule has 6 heteroatoms. The number of rotatable bonds is 4. The minimum absolute atomic E-state index is 0.919. The van der Waals surface area contributed by atoms with Gasteiger partial charge in [-0.3, -0.25) is 0 Å². The van der Waals surface area contributed by atoms with Crippen LogP contribution in [0, 0.1) is 0 Å². The van der Waals surface area contributed by atoms with Gasteiger partial charge in [0.1, 0.15) is 0 Å². The van der Waals surface area contributed by atoms with Crippen LogP contribution < -0.4 is 4.57 Å². The lowest BCUT2D eigenvalue weighted by atomic mass is 9.87. The lowest BCUT2D eigenvalue weighted by molar-refractivity contribution is -0.685. The number of fused-ring (bicyclic) bond motifs is 1. The van der Waals surface area contributed by atoms with Gasteiger partial charge in [-0.05, 0) is 42.5 Å². The van der Waals surface area contributed by atoms with E-state index in [9.17, 15) is 17.3 Å². The van der Waals surface area contributed by atoms with Crippen LogP contribution in [-0.2, 0) is 19.4 Å². The van der Waals surface area contributed by atoms with E-state index in [0.717, 1.165) is 13.0 Å². The Labute approximate surface area is 197 Å². The highest BCUT2D eigenvalue weighted by atomic mass is 19.5. The molecular weight excluding hydrogens is 437 g/mol. The van der Waals surface area contributed by atoms with Crippen LogP contribution in [0.4, 0.5) is 17.3 Å². The number of benzene rings is 3. The third-order valence-electron chi connectivity index (χ3n) is 6.00. The zero-order valence-electron chi connectivity index (χ0n) is 18.8. The smallest absolute Gasteiger partial charge is 0.418 e. The van der Waals surface area contributed by atoms with E-state index in [1.54, 1.807) is 0 Å². The highest BCUT2D eigenvalue weighted by Crippen LogP contribution is 2.33. The summed E-state index contributed by atoms with van der Waals surface area (Å²) in [6.45, 7) is 0.919. The second-order valence-electron chi connectivity index (χ2n) is 8.37. The van der Waals surface area contributed by atoms with E-state index in [2.05, 4.69) is 102 Å². The SMILES string of the molecule is F[B-](F)(F)F.c1ccc(C[n+]2c(-c3ccccc3)cc(-c3ccccc3)c3c2CCCC3)cc1. The van der Waals surface area contributed by atoms with Gasteiger partial charge in [-0.1, -0.05) is 78.9 Å². The van der Waals surface area contributed by atoms with E-state index in [1.807, 2.05) is 0 Å². The lowest BCUT2D eigenvalue weighted by Crippen LogP contribution is -2.43. The molecule has 5 rings (SSSR count). The molecule has 4 aromatic rings. The zero-order valence-corrected chi connectivity index (χ0v) is 18.8. The molecule has 1 aromatic heterocycles. The molecule has 0 saturated heterocycles. The van der Waals surface area contributed by atoms with Gasteiger partial charge in [0.2, 0.25) is 5.69 Å². The van der Waals surface area contributed by atoms with Gasteiger partial charge in [0.25, 0.3) is 0 Å². The van der Waals surface area contributed by atoms with Gasteiger partial charge in [0.05, 0.1) is 0 Å². The molecule has 174 valence electrons. The van der Waals surface area contributed by atoms with E-state index in [-0.39, 0.29) is 0 Å². The van der Waals surface area contributed by atoms with E-state index >= 15 is 0 Å². The average Bonchev–Trinajstić information content (AvgIpc) is 2.85. The predicted octanol–water partition coefficient (Wildman–Crippen LogP) is 7.54. The molecule has 34 heavy (non-hydrogen) atoms. The number of hydrogen-bond donors (Lipinski definition) is 0. The number of nitrogens with zero attached hydrogens (tertiary/aromatic N) is 1. The fraction of sp³-hybridized carbons (Fsp3) is 0.179. The van der Waals surface area contributed by atoms with Gasteiger partial charge in [0.15, 0.2) is 12.2 Å². The maximum absolute atomic E-state index is 9.75. The van der Waals surface area contributed by atoms with Crippen molar-refractivity contribution in [3.8, 4) is 22.4 Å². The van der Waals surface area contributed by atoms with Crippen molar-refractivity contribution in [1.82, 2.24) is 0 Å². The fourth-order valence-electron chi connectivity index (χ4n) is 4.59. The third kappa shape index (κ3) is 6.13. The average molecular weight is 463 g/mol. The number of hydrogen-bond acceptors (Lipinski definition) is 0. The van der Waals surface area contributed by atoms with Crippen LogP contribution in [0.5, 0.6) is 0 Å². The van der Waals surface area contributed by atoms with E-state index in [1.165, 1.54) is 58.5 Å². The molecule has 0 unspecified atom stereocenters. The molecular formula is C28H26BF4N. The van der Waals surface area contributed by atoms with Crippen molar-refractivity contribution in [3.63, 3.8) is 0 Å². The van der Waals surface area contributed by atoms with Crippen molar-refractivity contribution in [3.05, 3.63) is 114 Å². The Bertz CT molecular complexity index is 1200. The summed E-state index contributed by atoms with van der Waals surface area (Å²) in [4.78, 5) is 0. The van der Waals surface area contributed by atoms with Crippen molar-refractivity contribution in [2.24, 2.45) is 0 Å². The molecule has 0 atom stereocenters. The van der Waals surface area contributed by atoms with E-state index in [0.29, 0.717) is 0 Å². The summed E-state index contributed by atoms with van der Waals surface area (Å²) < 4.78 is 41.6. The Morgan fingerprint density at radius 1 is 0.647 bits per heavy atom. The van der Waals surface area contributed by atoms with Crippen LogP contribution >= 0.6 is 0 Å². The van der Waals surface area contributed by atoms with Gasteiger partial charge in [-0.2, -0.15) is 4.57 Å². The fourth-order valence-corrected chi connectivity index (χ4v) is 4.59. The summed E-state index contributed by atoms with van der Waals surface area (Å²) in [6, 6.07) is 35.0. The second-order valence-corrected chi connectivity index (χ2v) is 8.37. The van der Waals surface area contributed by atoms with Gasteiger partial charge in [-0.25, -0.2) is 0 Å². The first-order valence-electron chi connectivity index (χ1n) is 11.5. The van der Waals surface area contributed by atoms with Gasteiger partial charge < -0.3 is 17.3 Å². The summed E-state index contributed by atoms with van der Waals surface area (Å²) in [6.07, 6.45) is 4.88. The van der Waals surface area contributed by atoms with E-state index < -0.39 is 7.25 Å². The number of halogens is 4. The summed E-state index contributed by atoms with van der Waals surface area (Å²) in [5, 5.41) is 0. The Kier molecular flexibility index (Phi) is 7.46. The molecule has 0 bridgehead atoms. The van der Waals surface area contributed by atoms with Crippen molar-refractivity contribution in [2.45, 2.75) is 32.2 Å². The van der Waals surface area contributed by atoms with Crippen molar-refractivity contribution in [2.75, 3.05) is 0 Å². The summed E-state index contributed by atoms with van der Waals surface area (Å²) in [5.74, 6) is 0. The standard InChI is InChI=1S/C28H26N.BF4/c1-4-12-22(13-5-1)21-29-27-19-11-10-18-25(27)26(23-14-6-2-7-15-23)20-28(29)24-16-8-3-9-17-24;2-1(3,4)5/h1-9,12-17,20H,10-11,18-19,21H2;/q+1;-1. The first-order chi connectivity index (χ1) is 16.4. The molecule has 0 radical (unpaired) electrons. The topological polar surface area (TPSA) is 3.88 Å². The Morgan fingerprint density at radius 2 is 1.15 bits per heavy atom. The molecule has 0 spiro atoms. The van der Waals surface area contributed by atoms with Gasteiger partial charge >= 0.3 is 7.25 Å². The first kappa shape index (κ1) is 23.7. The molecule has 0 amide bonds. The maximum Gasteiger partial charge on any atom is 0.673 e. The van der Waals surface area contributed by atoms with Crippen molar-refractivity contribution >= 4 is 7.25 Å². The molecule has 0 saturated carbocycles. The molecule has 1 heterocycles. The molecule has 1 nitrogen and oxygen atoms in total. The summed E-state index contributed by atoms with van der Waals surface area (Å²) >= 11 is 0. The summed E-state index contributed by atoms with van der Waals surface area (Å²) in [5.41, 5.74) is 9.74. The van der Waals surface area contributed by atoms with Gasteiger partial charge in [-0.15, -0.1) is 0 Å². The number of pyridine rings is 1. The van der Waals surface area contributed by atoms with Crippen LogP contribution in [0.1, 0.15) is 29.7 Å². The third-order valence-corrected chi connectivity index (χ3v) is 6.00. The number of aromatic nitrogens is 1. The monoisotopic (exact) mass is 463 g/mol. The molecule has 1 aliphatic rings. The predicted molar refractivity (Wildman–Crippen MR) is 130 cm³/mol. The Hall–Kier alpha value is -3.41. The molecule has 0 fully saturated rings. The molecule has 0 N–H and O–H groups in total. The largest absolute Gasteiger partial charge is 0.673 e. The highest BCUT2D eigenvalue weighted by molar-refractivity contribution is 6.50. The van der Waals surface area contributed by atoms with Crippen LogP contribution in [0.3, 0.4) is 0 Å². The Morgan fingerprint density at radius 3 is 1.74 bits per heavy atom. The quantitative estimate of drug-likeness (QED) is 0.167. The minimum atomic E-state index is -6.00. The van der Waals surface area contributed by atoms with Crippen LogP contribution in [0.25, 0.3) is 22.4 Å². The van der Waals surface area contributed by atoms with Gasteiger partial charge in [0, 0.05) is 29.2 Å². The highest BCUT2D eigenvalue weighted by Gasteiger charge is 2.28. The minimum Gasteiger partial charge on any atom is -0.418 e. The van der Waals surface area contributed by atoms with Crippen molar-refractivity contribution in [1.29, 1.82) is 0 Å². The summed E-state index contributed by atoms with van der Waals surface area (Å²) in [7, 11) is -6.00. The molecule has 1 aliphatic carbocycles. The molecule has 3 aromatic carbocycles. The zero-order chi connectivity index (χ0) is 24.0. The normalized spacial score (nSPS) is 12.9. The van der Waals surface area contributed by atoms with Crippen LogP contribution in [0.2, 0.25) is 0 Å². The van der Waals surface area contributed by atoms with Crippen LogP contribution in [-0.4, -0.2) is 7.25 Å². The molecule has 0 aliphatic heterocycles. The Balaban J connectivity index is 0.000000499.